The zero-order valence-electron chi connectivity index (χ0n) is 7.33. The predicted octanol–water partition coefficient (Wildman–Crippen LogP) is 0.461. The summed E-state index contributed by atoms with van der Waals surface area (Å²) in [6.45, 7) is 2.50. The number of hydrogen-bond donors (Lipinski definition) is 1. The summed E-state index contributed by atoms with van der Waals surface area (Å²) in [7, 11) is 2.05. The van der Waals surface area contributed by atoms with Crippen molar-refractivity contribution < 1.29 is 4.74 Å². The van der Waals surface area contributed by atoms with E-state index in [1.807, 2.05) is 7.05 Å². The highest BCUT2D eigenvalue weighted by molar-refractivity contribution is 6.28. The van der Waals surface area contributed by atoms with Gasteiger partial charge in [0, 0.05) is 13.1 Å². The molecule has 0 spiro atoms. The van der Waals surface area contributed by atoms with Crippen LogP contribution in [-0.2, 0) is 4.74 Å². The van der Waals surface area contributed by atoms with Gasteiger partial charge in [-0.1, -0.05) is 0 Å². The molecular formula is C7H11ClN4O. The molecule has 1 aliphatic heterocycles. The molecule has 1 fully saturated rings. The van der Waals surface area contributed by atoms with Crippen molar-refractivity contribution >= 4 is 11.6 Å². The molecule has 2 rings (SSSR count). The number of nitrogens with one attached hydrogen (secondary N) is 1. The molecule has 13 heavy (non-hydrogen) atoms. The number of hydrogen-bond acceptors (Lipinski definition) is 4. The van der Waals surface area contributed by atoms with Crippen LogP contribution >= 0.6 is 11.6 Å². The summed E-state index contributed by atoms with van der Waals surface area (Å²) in [5.41, 5.74) is 0. The lowest BCUT2D eigenvalue weighted by molar-refractivity contribution is -0.0253. The fourth-order valence-corrected chi connectivity index (χ4v) is 1.47. The molecular weight excluding hydrogens is 192 g/mol. The number of likely N-dealkylation sites (N-methyl/N-ethyl adjacent to an activating group) is 1. The van der Waals surface area contributed by atoms with Gasteiger partial charge in [-0.25, -0.2) is 0 Å². The first kappa shape index (κ1) is 8.93. The van der Waals surface area contributed by atoms with Gasteiger partial charge >= 0.3 is 0 Å². The smallest absolute Gasteiger partial charge is 0.242 e. The van der Waals surface area contributed by atoms with E-state index < -0.39 is 0 Å². The van der Waals surface area contributed by atoms with Crippen molar-refractivity contribution in [3.8, 4) is 0 Å². The second-order valence-corrected chi connectivity index (χ2v) is 3.45. The second-order valence-electron chi connectivity index (χ2n) is 3.11. The molecule has 0 aromatic carbocycles. The highest BCUT2D eigenvalue weighted by Crippen LogP contribution is 2.18. The maximum absolute atomic E-state index is 5.59. The number of ether oxygens (including phenoxy) is 1. The zero-order chi connectivity index (χ0) is 9.26. The van der Waals surface area contributed by atoms with E-state index in [0.717, 1.165) is 19.7 Å². The third kappa shape index (κ3) is 1.99. The number of morpholine rings is 1. The summed E-state index contributed by atoms with van der Waals surface area (Å²) in [5, 5.41) is 6.74. The molecule has 2 heterocycles. The normalized spacial score (nSPS) is 24.9. The van der Waals surface area contributed by atoms with Crippen molar-refractivity contribution in [3.05, 3.63) is 11.1 Å². The van der Waals surface area contributed by atoms with Gasteiger partial charge in [-0.3, -0.25) is 5.10 Å². The first-order valence-electron chi connectivity index (χ1n) is 4.13. The van der Waals surface area contributed by atoms with Gasteiger partial charge in [-0.15, -0.1) is 5.10 Å². The minimum absolute atomic E-state index is 0.0289. The molecule has 5 nitrogen and oxygen atoms in total. The van der Waals surface area contributed by atoms with Crippen LogP contribution in [0.3, 0.4) is 0 Å². The Bertz CT molecular complexity index is 290. The van der Waals surface area contributed by atoms with E-state index in [1.54, 1.807) is 0 Å². The fourth-order valence-electron chi connectivity index (χ4n) is 1.34. The summed E-state index contributed by atoms with van der Waals surface area (Å²) in [6, 6.07) is 0. The minimum Gasteiger partial charge on any atom is -0.368 e. The Balaban J connectivity index is 2.08. The van der Waals surface area contributed by atoms with Gasteiger partial charge in [0.05, 0.1) is 6.61 Å². The molecule has 1 unspecified atom stereocenters. The molecule has 1 aliphatic rings. The Labute approximate surface area is 81.0 Å². The zero-order valence-corrected chi connectivity index (χ0v) is 8.08. The summed E-state index contributed by atoms with van der Waals surface area (Å²) >= 11 is 5.59. The van der Waals surface area contributed by atoms with Crippen LogP contribution in [0.4, 0.5) is 0 Å². The first-order valence-corrected chi connectivity index (χ1v) is 4.51. The Hall–Kier alpha value is -0.650. The third-order valence-electron chi connectivity index (χ3n) is 2.05. The summed E-state index contributed by atoms with van der Waals surface area (Å²) in [6.07, 6.45) is -0.0289. The quantitative estimate of drug-likeness (QED) is 0.719. The first-order chi connectivity index (χ1) is 6.25. The molecule has 0 amide bonds. The molecule has 1 N–H and O–H groups in total. The van der Waals surface area contributed by atoms with E-state index >= 15 is 0 Å². The van der Waals surface area contributed by atoms with E-state index in [4.69, 9.17) is 16.3 Å². The number of halogens is 1. The molecule has 72 valence electrons. The Morgan fingerprint density at radius 2 is 2.54 bits per heavy atom. The monoisotopic (exact) mass is 202 g/mol. The average Bonchev–Trinajstić information content (AvgIpc) is 2.52. The van der Waals surface area contributed by atoms with Crippen molar-refractivity contribution in [2.45, 2.75) is 6.10 Å². The standard InChI is InChI=1S/C7H11ClN4O/c1-12-2-3-13-5(4-12)6-9-7(8)11-10-6/h5H,2-4H2,1H3,(H,9,10,11). The number of H-pyrrole nitrogens is 1. The van der Waals surface area contributed by atoms with Crippen LogP contribution in [0.2, 0.25) is 5.28 Å². The maximum Gasteiger partial charge on any atom is 0.242 e. The highest BCUT2D eigenvalue weighted by atomic mass is 35.5. The Morgan fingerprint density at radius 1 is 1.69 bits per heavy atom. The van der Waals surface area contributed by atoms with Crippen LogP contribution in [0.15, 0.2) is 0 Å². The maximum atomic E-state index is 5.59. The fraction of sp³-hybridized carbons (Fsp3) is 0.714. The van der Waals surface area contributed by atoms with Crippen molar-refractivity contribution in [1.29, 1.82) is 0 Å². The predicted molar refractivity (Wildman–Crippen MR) is 47.6 cm³/mol. The van der Waals surface area contributed by atoms with Gasteiger partial charge in [0.25, 0.3) is 0 Å². The van der Waals surface area contributed by atoms with E-state index in [1.165, 1.54) is 0 Å². The second kappa shape index (κ2) is 3.61. The molecule has 1 atom stereocenters. The van der Waals surface area contributed by atoms with Crippen molar-refractivity contribution in [2.24, 2.45) is 0 Å². The lowest BCUT2D eigenvalue weighted by atomic mass is 10.3. The van der Waals surface area contributed by atoms with Gasteiger partial charge in [0.2, 0.25) is 5.28 Å². The number of aromatic nitrogens is 3. The van der Waals surface area contributed by atoms with Crippen LogP contribution in [0.25, 0.3) is 0 Å². The minimum atomic E-state index is -0.0289. The molecule has 1 saturated heterocycles. The Morgan fingerprint density at radius 3 is 3.15 bits per heavy atom. The van der Waals surface area contributed by atoms with E-state index in [2.05, 4.69) is 20.1 Å². The van der Waals surface area contributed by atoms with Gasteiger partial charge in [-0.2, -0.15) is 4.98 Å². The van der Waals surface area contributed by atoms with Crippen LogP contribution in [-0.4, -0.2) is 46.8 Å². The van der Waals surface area contributed by atoms with Gasteiger partial charge in [0.15, 0.2) is 5.82 Å². The van der Waals surface area contributed by atoms with Gasteiger partial charge in [-0.05, 0) is 18.6 Å². The number of rotatable bonds is 1. The lowest BCUT2D eigenvalue weighted by Crippen LogP contribution is -2.35. The van der Waals surface area contributed by atoms with Crippen molar-refractivity contribution in [1.82, 2.24) is 20.1 Å². The average molecular weight is 203 g/mol. The topological polar surface area (TPSA) is 54.0 Å². The van der Waals surface area contributed by atoms with Gasteiger partial charge in [0.1, 0.15) is 6.10 Å². The lowest BCUT2D eigenvalue weighted by Gasteiger charge is -2.28. The van der Waals surface area contributed by atoms with Crippen molar-refractivity contribution in [2.75, 3.05) is 26.7 Å². The molecule has 0 aliphatic carbocycles. The van der Waals surface area contributed by atoms with E-state index in [-0.39, 0.29) is 11.4 Å². The van der Waals surface area contributed by atoms with Gasteiger partial charge < -0.3 is 9.64 Å². The number of aromatic amines is 1. The largest absolute Gasteiger partial charge is 0.368 e. The third-order valence-corrected chi connectivity index (χ3v) is 2.22. The molecule has 1 aromatic heterocycles. The van der Waals surface area contributed by atoms with E-state index in [9.17, 15) is 0 Å². The van der Waals surface area contributed by atoms with Crippen LogP contribution in [0.5, 0.6) is 0 Å². The van der Waals surface area contributed by atoms with Crippen LogP contribution < -0.4 is 0 Å². The summed E-state index contributed by atoms with van der Waals surface area (Å²) in [5.74, 6) is 0.705. The highest BCUT2D eigenvalue weighted by Gasteiger charge is 2.22. The van der Waals surface area contributed by atoms with Crippen LogP contribution in [0, 0.1) is 0 Å². The molecule has 6 heteroatoms. The van der Waals surface area contributed by atoms with Crippen LogP contribution in [0.1, 0.15) is 11.9 Å². The molecule has 1 aromatic rings. The Kier molecular flexibility index (Phi) is 2.48. The number of nitrogens with zero attached hydrogens (tertiary/aromatic N) is 3. The molecule has 0 saturated carbocycles. The molecule has 0 radical (unpaired) electrons. The summed E-state index contributed by atoms with van der Waals surface area (Å²) in [4.78, 5) is 6.20. The molecule has 0 bridgehead atoms. The van der Waals surface area contributed by atoms with Crippen molar-refractivity contribution in [3.63, 3.8) is 0 Å². The SMILES string of the molecule is CN1CCOC(c2nc(Cl)n[nH]2)C1. The summed E-state index contributed by atoms with van der Waals surface area (Å²) < 4.78 is 5.51. The van der Waals surface area contributed by atoms with E-state index in [0.29, 0.717) is 5.82 Å².